The van der Waals surface area contributed by atoms with Crippen molar-refractivity contribution < 1.29 is 4.74 Å². The van der Waals surface area contributed by atoms with E-state index >= 15 is 0 Å². The van der Waals surface area contributed by atoms with Crippen molar-refractivity contribution in [3.8, 4) is 5.75 Å². The smallest absolute Gasteiger partial charge is 0.121 e. The molecule has 0 amide bonds. The molecule has 5 nitrogen and oxygen atoms in total. The van der Waals surface area contributed by atoms with Gasteiger partial charge in [-0.2, -0.15) is 0 Å². The van der Waals surface area contributed by atoms with E-state index in [0.29, 0.717) is 10.0 Å². The minimum absolute atomic E-state index is 0.619. The molecule has 0 spiro atoms. The van der Waals surface area contributed by atoms with E-state index in [1.165, 1.54) is 11.3 Å². The minimum atomic E-state index is 0.619. The summed E-state index contributed by atoms with van der Waals surface area (Å²) in [6, 6.07) is 12.2. The lowest BCUT2D eigenvalue weighted by atomic mass is 10.1. The Labute approximate surface area is 182 Å². The first kappa shape index (κ1) is 20.6. The molecule has 0 bridgehead atoms. The van der Waals surface area contributed by atoms with Crippen LogP contribution >= 0.6 is 23.2 Å². The Balaban J connectivity index is 1.19. The molecule has 1 fully saturated rings. The first-order valence-corrected chi connectivity index (χ1v) is 11.1. The Morgan fingerprint density at radius 1 is 1.03 bits per heavy atom. The van der Waals surface area contributed by atoms with E-state index in [0.717, 1.165) is 76.8 Å². The molecule has 2 aliphatic heterocycles. The third-order valence-corrected chi connectivity index (χ3v) is 6.40. The SMILES string of the molecule is Clc1cccc(N2CCN(CCCOc3ccc4c(c3)NCNCC4)CC2)c1Cl. The highest BCUT2D eigenvalue weighted by molar-refractivity contribution is 6.43. The maximum absolute atomic E-state index is 6.37. The van der Waals surface area contributed by atoms with Gasteiger partial charge in [-0.3, -0.25) is 10.2 Å². The molecule has 0 aromatic heterocycles. The van der Waals surface area contributed by atoms with Crippen molar-refractivity contribution in [2.75, 3.05) is 62.8 Å². The van der Waals surface area contributed by atoms with Crippen LogP contribution in [0.4, 0.5) is 11.4 Å². The summed E-state index contributed by atoms with van der Waals surface area (Å²) in [7, 11) is 0. The summed E-state index contributed by atoms with van der Waals surface area (Å²) in [6.45, 7) is 7.58. The highest BCUT2D eigenvalue weighted by Crippen LogP contribution is 2.32. The molecule has 2 aromatic carbocycles. The van der Waals surface area contributed by atoms with Gasteiger partial charge < -0.3 is 15.0 Å². The Bertz CT molecular complexity index is 824. The molecule has 2 aromatic rings. The molecule has 0 saturated carbocycles. The molecule has 1 saturated heterocycles. The normalized spacial score (nSPS) is 17.4. The van der Waals surface area contributed by atoms with E-state index in [4.69, 9.17) is 27.9 Å². The predicted octanol–water partition coefficient (Wildman–Crippen LogP) is 4.10. The van der Waals surface area contributed by atoms with Gasteiger partial charge in [-0.15, -0.1) is 0 Å². The van der Waals surface area contributed by atoms with Crippen LogP contribution in [0, 0.1) is 0 Å². The second kappa shape index (κ2) is 9.90. The largest absolute Gasteiger partial charge is 0.493 e. The number of halogens is 2. The van der Waals surface area contributed by atoms with E-state index in [-0.39, 0.29) is 0 Å². The molecular formula is C22H28Cl2N4O. The third-order valence-electron chi connectivity index (χ3n) is 5.59. The van der Waals surface area contributed by atoms with E-state index < -0.39 is 0 Å². The van der Waals surface area contributed by atoms with E-state index in [2.05, 4.69) is 38.6 Å². The highest BCUT2D eigenvalue weighted by Gasteiger charge is 2.19. The second-order valence-corrected chi connectivity index (χ2v) is 8.31. The number of hydrogen-bond donors (Lipinski definition) is 2. The molecule has 7 heteroatoms. The molecule has 0 aliphatic carbocycles. The molecule has 2 N–H and O–H groups in total. The van der Waals surface area contributed by atoms with Gasteiger partial charge in [0.2, 0.25) is 0 Å². The fraction of sp³-hybridized carbons (Fsp3) is 0.455. The van der Waals surface area contributed by atoms with Crippen LogP contribution in [0.1, 0.15) is 12.0 Å². The lowest BCUT2D eigenvalue weighted by molar-refractivity contribution is 0.225. The summed E-state index contributed by atoms with van der Waals surface area (Å²) in [5, 5.41) is 8.03. The number of nitrogens with one attached hydrogen (secondary N) is 2. The van der Waals surface area contributed by atoms with Crippen LogP contribution < -0.4 is 20.3 Å². The molecule has 4 rings (SSSR count). The topological polar surface area (TPSA) is 39.8 Å². The number of benzene rings is 2. The van der Waals surface area contributed by atoms with Gasteiger partial charge in [0, 0.05) is 51.0 Å². The van der Waals surface area contributed by atoms with Crippen LogP contribution in [-0.2, 0) is 6.42 Å². The van der Waals surface area contributed by atoms with Crippen LogP contribution in [0.3, 0.4) is 0 Å². The van der Waals surface area contributed by atoms with Crippen LogP contribution in [0.15, 0.2) is 36.4 Å². The standard InChI is InChI=1S/C22H28Cl2N4O/c23-19-3-1-4-21(22(19)24)28-12-10-27(11-13-28)9-2-14-29-18-6-5-17-7-8-25-16-26-20(17)15-18/h1,3-6,15,25-26H,2,7-14,16H2. The number of rotatable bonds is 6. The van der Waals surface area contributed by atoms with Crippen LogP contribution in [0.2, 0.25) is 10.0 Å². The van der Waals surface area contributed by atoms with E-state index in [9.17, 15) is 0 Å². The Kier molecular flexibility index (Phi) is 7.03. The summed E-state index contributed by atoms with van der Waals surface area (Å²) in [5.41, 5.74) is 3.57. The van der Waals surface area contributed by atoms with Crippen molar-refractivity contribution in [2.24, 2.45) is 0 Å². The summed E-state index contributed by atoms with van der Waals surface area (Å²) in [4.78, 5) is 4.81. The Morgan fingerprint density at radius 3 is 2.76 bits per heavy atom. The maximum atomic E-state index is 6.37. The molecule has 29 heavy (non-hydrogen) atoms. The van der Waals surface area contributed by atoms with E-state index in [1.807, 2.05) is 18.2 Å². The predicted molar refractivity (Wildman–Crippen MR) is 122 cm³/mol. The van der Waals surface area contributed by atoms with E-state index in [1.54, 1.807) is 0 Å². The van der Waals surface area contributed by atoms with Gasteiger partial charge in [-0.25, -0.2) is 0 Å². The zero-order valence-electron chi connectivity index (χ0n) is 16.6. The van der Waals surface area contributed by atoms with Crippen molar-refractivity contribution in [2.45, 2.75) is 12.8 Å². The summed E-state index contributed by atoms with van der Waals surface area (Å²) < 4.78 is 5.99. The van der Waals surface area contributed by atoms with Gasteiger partial charge >= 0.3 is 0 Å². The van der Waals surface area contributed by atoms with Crippen molar-refractivity contribution in [3.05, 3.63) is 52.0 Å². The lowest BCUT2D eigenvalue weighted by Crippen LogP contribution is -2.46. The van der Waals surface area contributed by atoms with Crippen molar-refractivity contribution in [1.29, 1.82) is 0 Å². The summed E-state index contributed by atoms with van der Waals surface area (Å²) in [5.74, 6) is 0.943. The lowest BCUT2D eigenvalue weighted by Gasteiger charge is -2.36. The number of anilines is 2. The average Bonchev–Trinajstić information content (AvgIpc) is 2.99. The molecule has 0 radical (unpaired) electrons. The number of hydrogen-bond acceptors (Lipinski definition) is 5. The highest BCUT2D eigenvalue weighted by atomic mass is 35.5. The van der Waals surface area contributed by atoms with Gasteiger partial charge in [-0.05, 0) is 36.6 Å². The number of nitrogens with zero attached hydrogens (tertiary/aromatic N) is 2. The van der Waals surface area contributed by atoms with Gasteiger partial charge in [0.1, 0.15) is 5.75 Å². The monoisotopic (exact) mass is 434 g/mol. The number of ether oxygens (including phenoxy) is 1. The average molecular weight is 435 g/mol. The van der Waals surface area contributed by atoms with Crippen molar-refractivity contribution in [1.82, 2.24) is 10.2 Å². The third kappa shape index (κ3) is 5.28. The van der Waals surface area contributed by atoms with Gasteiger partial charge in [0.25, 0.3) is 0 Å². The van der Waals surface area contributed by atoms with Crippen LogP contribution in [0.5, 0.6) is 5.75 Å². The molecule has 2 aliphatic rings. The fourth-order valence-corrected chi connectivity index (χ4v) is 4.34. The van der Waals surface area contributed by atoms with Gasteiger partial charge in [-0.1, -0.05) is 35.3 Å². The Hall–Kier alpha value is -1.66. The fourth-order valence-electron chi connectivity index (χ4n) is 3.92. The Morgan fingerprint density at radius 2 is 1.90 bits per heavy atom. The number of fused-ring (bicyclic) bond motifs is 1. The first-order chi connectivity index (χ1) is 14.2. The maximum Gasteiger partial charge on any atom is 0.121 e. The van der Waals surface area contributed by atoms with Crippen molar-refractivity contribution >= 4 is 34.6 Å². The molecule has 2 heterocycles. The van der Waals surface area contributed by atoms with Gasteiger partial charge in [0.05, 0.1) is 29.0 Å². The summed E-state index contributed by atoms with van der Waals surface area (Å²) in [6.07, 6.45) is 2.07. The van der Waals surface area contributed by atoms with Gasteiger partial charge in [0.15, 0.2) is 0 Å². The zero-order chi connectivity index (χ0) is 20.1. The first-order valence-electron chi connectivity index (χ1n) is 10.3. The second-order valence-electron chi connectivity index (χ2n) is 7.53. The van der Waals surface area contributed by atoms with Crippen molar-refractivity contribution in [3.63, 3.8) is 0 Å². The van der Waals surface area contributed by atoms with Crippen LogP contribution in [0.25, 0.3) is 0 Å². The molecule has 0 atom stereocenters. The summed E-state index contributed by atoms with van der Waals surface area (Å²) >= 11 is 12.5. The zero-order valence-corrected chi connectivity index (χ0v) is 18.1. The quantitative estimate of drug-likeness (QED) is 0.669. The number of piperazine rings is 1. The molecule has 156 valence electrons. The van der Waals surface area contributed by atoms with Crippen LogP contribution in [-0.4, -0.2) is 57.4 Å². The molecule has 0 unspecified atom stereocenters. The molecular weight excluding hydrogens is 407 g/mol. The minimum Gasteiger partial charge on any atom is -0.493 e.